The fourth-order valence-corrected chi connectivity index (χ4v) is 3.06. The van der Waals surface area contributed by atoms with Crippen molar-refractivity contribution < 1.29 is 13.7 Å². The van der Waals surface area contributed by atoms with Crippen molar-refractivity contribution in [3.05, 3.63) is 24.3 Å². The van der Waals surface area contributed by atoms with Gasteiger partial charge in [0.05, 0.1) is 6.10 Å². The predicted molar refractivity (Wildman–Crippen MR) is 88.6 cm³/mol. The molecule has 1 saturated heterocycles. The zero-order chi connectivity index (χ0) is 15.8. The van der Waals surface area contributed by atoms with Gasteiger partial charge in [0, 0.05) is 40.8 Å². The van der Waals surface area contributed by atoms with Crippen molar-refractivity contribution in [2.24, 2.45) is 0 Å². The van der Waals surface area contributed by atoms with E-state index in [1.54, 1.807) is 30.5 Å². The summed E-state index contributed by atoms with van der Waals surface area (Å²) in [5, 5.41) is 5.60. The number of nitrogens with one attached hydrogen (secondary N) is 2. The number of rotatable bonds is 6. The summed E-state index contributed by atoms with van der Waals surface area (Å²) < 4.78 is 17.1. The predicted octanol–water partition coefficient (Wildman–Crippen LogP) is 2.89. The van der Waals surface area contributed by atoms with Crippen LogP contribution in [0.2, 0.25) is 0 Å². The van der Waals surface area contributed by atoms with Crippen LogP contribution in [0.5, 0.6) is 0 Å². The number of hydrogen-bond acceptors (Lipinski definition) is 3. The summed E-state index contributed by atoms with van der Waals surface area (Å²) in [6, 6.07) is 6.84. The van der Waals surface area contributed by atoms with Gasteiger partial charge in [-0.3, -0.25) is 4.21 Å². The number of anilines is 1. The van der Waals surface area contributed by atoms with E-state index in [-0.39, 0.29) is 6.03 Å². The Kier molecular flexibility index (Phi) is 6.86. The first-order valence-electron chi connectivity index (χ1n) is 7.75. The van der Waals surface area contributed by atoms with Gasteiger partial charge in [0.15, 0.2) is 0 Å². The minimum Gasteiger partial charge on any atom is -0.378 e. The first-order valence-corrected chi connectivity index (χ1v) is 9.31. The molecule has 6 heteroatoms. The van der Waals surface area contributed by atoms with Gasteiger partial charge < -0.3 is 15.4 Å². The number of urea groups is 1. The first-order chi connectivity index (χ1) is 10.6. The average molecular weight is 324 g/mol. The number of benzene rings is 1. The van der Waals surface area contributed by atoms with Gasteiger partial charge in [-0.2, -0.15) is 0 Å². The molecule has 2 amide bonds. The maximum atomic E-state index is 11.8. The second kappa shape index (κ2) is 8.90. The van der Waals surface area contributed by atoms with Gasteiger partial charge in [0.25, 0.3) is 0 Å². The van der Waals surface area contributed by atoms with E-state index in [4.69, 9.17) is 4.74 Å². The summed E-state index contributed by atoms with van der Waals surface area (Å²) >= 11 is 0. The quantitative estimate of drug-likeness (QED) is 0.791. The van der Waals surface area contributed by atoms with E-state index in [9.17, 15) is 9.00 Å². The van der Waals surface area contributed by atoms with Gasteiger partial charge in [-0.15, -0.1) is 0 Å². The van der Waals surface area contributed by atoms with Crippen LogP contribution in [0.15, 0.2) is 29.2 Å². The van der Waals surface area contributed by atoms with Crippen molar-refractivity contribution in [3.8, 4) is 0 Å². The van der Waals surface area contributed by atoms with Crippen LogP contribution in [0.25, 0.3) is 0 Å². The molecule has 0 aromatic heterocycles. The van der Waals surface area contributed by atoms with E-state index < -0.39 is 10.8 Å². The number of ether oxygens (including phenoxy) is 1. The molecule has 0 aliphatic carbocycles. The molecule has 1 aliphatic rings. The lowest BCUT2D eigenvalue weighted by atomic mass is 10.0. The van der Waals surface area contributed by atoms with Crippen LogP contribution in [-0.4, -0.2) is 35.8 Å². The second-order valence-electron chi connectivity index (χ2n) is 5.49. The van der Waals surface area contributed by atoms with Gasteiger partial charge in [0.2, 0.25) is 0 Å². The molecule has 2 rings (SSSR count). The van der Waals surface area contributed by atoms with E-state index in [0.29, 0.717) is 23.2 Å². The third kappa shape index (κ3) is 5.77. The molecule has 0 spiro atoms. The van der Waals surface area contributed by atoms with Crippen LogP contribution >= 0.6 is 0 Å². The monoisotopic (exact) mass is 324 g/mol. The van der Waals surface area contributed by atoms with Gasteiger partial charge in [0.1, 0.15) is 0 Å². The topological polar surface area (TPSA) is 67.4 Å². The molecule has 1 aromatic carbocycles. The lowest BCUT2D eigenvalue weighted by Crippen LogP contribution is -2.30. The SMILES string of the molecule is CS(=O)c1cccc(NC(=O)NCCCC2CCCCO2)c1. The van der Waals surface area contributed by atoms with E-state index in [2.05, 4.69) is 10.6 Å². The Labute approximate surface area is 134 Å². The maximum absolute atomic E-state index is 11.8. The highest BCUT2D eigenvalue weighted by Gasteiger charge is 2.13. The van der Waals surface area contributed by atoms with Crippen molar-refractivity contribution in [1.29, 1.82) is 0 Å². The number of amides is 2. The standard InChI is InChI=1S/C16H24N2O3S/c1-22(20)15-9-4-6-13(12-15)18-16(19)17-10-5-8-14-7-2-3-11-21-14/h4,6,9,12,14H,2-3,5,7-8,10-11H2,1H3,(H2,17,18,19). The minimum atomic E-state index is -1.05. The Morgan fingerprint density at radius 2 is 2.27 bits per heavy atom. The Bertz CT molecular complexity index is 516. The molecule has 122 valence electrons. The summed E-state index contributed by atoms with van der Waals surface area (Å²) in [5.41, 5.74) is 0.654. The van der Waals surface area contributed by atoms with E-state index in [0.717, 1.165) is 25.9 Å². The number of hydrogen-bond donors (Lipinski definition) is 2. The highest BCUT2D eigenvalue weighted by molar-refractivity contribution is 7.84. The van der Waals surface area contributed by atoms with Crippen molar-refractivity contribution in [2.75, 3.05) is 24.7 Å². The Hall–Kier alpha value is -1.40. The minimum absolute atomic E-state index is 0.233. The Balaban J connectivity index is 1.67. The zero-order valence-corrected chi connectivity index (χ0v) is 13.8. The Morgan fingerprint density at radius 3 is 3.00 bits per heavy atom. The summed E-state index contributed by atoms with van der Waals surface area (Å²) in [5.74, 6) is 0. The fraction of sp³-hybridized carbons (Fsp3) is 0.562. The highest BCUT2D eigenvalue weighted by atomic mass is 32.2. The van der Waals surface area contributed by atoms with E-state index in [1.165, 1.54) is 12.8 Å². The summed E-state index contributed by atoms with van der Waals surface area (Å²) in [4.78, 5) is 12.5. The molecule has 0 bridgehead atoms. The van der Waals surface area contributed by atoms with Crippen LogP contribution in [0, 0.1) is 0 Å². The van der Waals surface area contributed by atoms with Gasteiger partial charge in [-0.25, -0.2) is 4.79 Å². The van der Waals surface area contributed by atoms with Gasteiger partial charge in [-0.05, 0) is 50.3 Å². The van der Waals surface area contributed by atoms with E-state index in [1.807, 2.05) is 0 Å². The lowest BCUT2D eigenvalue weighted by molar-refractivity contribution is 0.0103. The Morgan fingerprint density at radius 1 is 1.41 bits per heavy atom. The highest BCUT2D eigenvalue weighted by Crippen LogP contribution is 2.16. The molecule has 0 saturated carbocycles. The second-order valence-corrected chi connectivity index (χ2v) is 6.87. The fourth-order valence-electron chi connectivity index (χ4n) is 2.49. The van der Waals surface area contributed by atoms with E-state index >= 15 is 0 Å². The molecule has 1 aromatic rings. The molecule has 5 nitrogen and oxygen atoms in total. The third-order valence-electron chi connectivity index (χ3n) is 3.69. The smallest absolute Gasteiger partial charge is 0.319 e. The van der Waals surface area contributed by atoms with Crippen molar-refractivity contribution in [3.63, 3.8) is 0 Å². The van der Waals surface area contributed by atoms with Crippen LogP contribution in [-0.2, 0) is 15.5 Å². The molecule has 1 heterocycles. The third-order valence-corrected chi connectivity index (χ3v) is 4.60. The average Bonchev–Trinajstić information content (AvgIpc) is 2.53. The molecule has 1 aliphatic heterocycles. The number of carbonyl (C=O) groups is 1. The molecule has 22 heavy (non-hydrogen) atoms. The van der Waals surface area contributed by atoms with Gasteiger partial charge in [-0.1, -0.05) is 6.07 Å². The molecule has 2 N–H and O–H groups in total. The van der Waals surface area contributed by atoms with Crippen LogP contribution in [0.1, 0.15) is 32.1 Å². The molecule has 2 atom stereocenters. The van der Waals surface area contributed by atoms with Crippen molar-refractivity contribution in [1.82, 2.24) is 5.32 Å². The normalized spacial score (nSPS) is 19.4. The van der Waals surface area contributed by atoms with Crippen LogP contribution in [0.4, 0.5) is 10.5 Å². The van der Waals surface area contributed by atoms with Crippen molar-refractivity contribution >= 4 is 22.5 Å². The zero-order valence-electron chi connectivity index (χ0n) is 13.0. The van der Waals surface area contributed by atoms with Crippen LogP contribution in [0.3, 0.4) is 0 Å². The van der Waals surface area contributed by atoms with Crippen LogP contribution < -0.4 is 10.6 Å². The number of carbonyl (C=O) groups excluding carboxylic acids is 1. The molecular formula is C16H24N2O3S. The summed E-state index contributed by atoms with van der Waals surface area (Å²) in [6.07, 6.45) is 7.42. The molecule has 0 radical (unpaired) electrons. The van der Waals surface area contributed by atoms with Gasteiger partial charge >= 0.3 is 6.03 Å². The lowest BCUT2D eigenvalue weighted by Gasteiger charge is -2.22. The van der Waals surface area contributed by atoms with Crippen molar-refractivity contribution in [2.45, 2.75) is 43.1 Å². The molecule has 1 fully saturated rings. The largest absolute Gasteiger partial charge is 0.378 e. The summed E-state index contributed by atoms with van der Waals surface area (Å²) in [6.45, 7) is 1.50. The summed E-state index contributed by atoms with van der Waals surface area (Å²) in [7, 11) is -1.05. The molecular weight excluding hydrogens is 300 g/mol. The molecule has 2 unspecified atom stereocenters. The first kappa shape index (κ1) is 17.0. The maximum Gasteiger partial charge on any atom is 0.319 e.